The first-order valence-corrected chi connectivity index (χ1v) is 9.89. The lowest BCUT2D eigenvalue weighted by Crippen LogP contribution is -2.34. The van der Waals surface area contributed by atoms with Crippen LogP contribution in [-0.4, -0.2) is 0 Å². The second-order valence-corrected chi connectivity index (χ2v) is 7.98. The Balaban J connectivity index is 1.90. The molecule has 0 heterocycles. The average molecular weight is 399 g/mol. The third kappa shape index (κ3) is 2.13. The zero-order valence-electron chi connectivity index (χ0n) is 14.4. The topological polar surface area (TPSA) is 0 Å². The molecule has 0 saturated heterocycles. The molecule has 3 aromatic carbocycles. The molecular weight excluding hydrogens is 380 g/mol. The van der Waals surface area contributed by atoms with Crippen molar-refractivity contribution in [2.75, 3.05) is 0 Å². The molecule has 0 spiro atoms. The number of allylic oxidation sites excluding steroid dienone is 4. The van der Waals surface area contributed by atoms with Crippen LogP contribution in [0.3, 0.4) is 0 Å². The van der Waals surface area contributed by atoms with Crippen molar-refractivity contribution in [1.29, 1.82) is 0 Å². The first kappa shape index (κ1) is 15.8. The first-order valence-electron chi connectivity index (χ1n) is 9.10. The second-order valence-electron chi connectivity index (χ2n) is 7.06. The maximum Gasteiger partial charge on any atom is 0.0528 e. The van der Waals surface area contributed by atoms with Crippen molar-refractivity contribution in [1.82, 2.24) is 0 Å². The lowest BCUT2D eigenvalue weighted by Gasteiger charge is -2.39. The van der Waals surface area contributed by atoms with Crippen molar-refractivity contribution in [3.63, 3.8) is 0 Å². The summed E-state index contributed by atoms with van der Waals surface area (Å²) in [5.74, 6) is 0.408. The summed E-state index contributed by atoms with van der Waals surface area (Å²) in [6.07, 6.45) is 5.67. The number of halogens is 1. The van der Waals surface area contributed by atoms with Gasteiger partial charge in [-0.15, -0.1) is 0 Å². The molecule has 3 aromatic rings. The molecule has 0 aliphatic heterocycles. The lowest BCUT2D eigenvalue weighted by molar-refractivity contribution is 0.484. The maximum absolute atomic E-state index is 3.71. The van der Waals surface area contributed by atoms with Crippen LogP contribution in [0.2, 0.25) is 0 Å². The van der Waals surface area contributed by atoms with E-state index in [1.54, 1.807) is 0 Å². The molecule has 2 aliphatic carbocycles. The zero-order valence-corrected chi connectivity index (χ0v) is 16.0. The van der Waals surface area contributed by atoms with Gasteiger partial charge in [-0.2, -0.15) is 0 Å². The van der Waals surface area contributed by atoms with Crippen LogP contribution in [0.1, 0.15) is 28.7 Å². The van der Waals surface area contributed by atoms with Crippen LogP contribution in [0.4, 0.5) is 0 Å². The summed E-state index contributed by atoms with van der Waals surface area (Å²) in [5.41, 5.74) is 6.86. The third-order valence-corrected chi connectivity index (χ3v) is 6.41. The molecular formula is C25H19Br. The minimum absolute atomic E-state index is 0.144. The first-order chi connectivity index (χ1) is 12.8. The number of rotatable bonds is 2. The van der Waals surface area contributed by atoms with E-state index in [1.807, 2.05) is 0 Å². The molecule has 1 heteroatoms. The summed E-state index contributed by atoms with van der Waals surface area (Å²) in [4.78, 5) is 0. The normalized spacial score (nSPS) is 20.0. The van der Waals surface area contributed by atoms with E-state index in [-0.39, 0.29) is 5.41 Å². The number of hydrogen-bond acceptors (Lipinski definition) is 0. The minimum Gasteiger partial charge on any atom is -0.0696 e. The van der Waals surface area contributed by atoms with Gasteiger partial charge in [0, 0.05) is 10.4 Å². The maximum atomic E-state index is 3.71. The van der Waals surface area contributed by atoms with Gasteiger partial charge in [0.15, 0.2) is 0 Å². The van der Waals surface area contributed by atoms with E-state index >= 15 is 0 Å². The molecule has 0 aromatic heterocycles. The molecule has 0 N–H and O–H groups in total. The van der Waals surface area contributed by atoms with Crippen molar-refractivity contribution in [3.8, 4) is 0 Å². The highest BCUT2D eigenvalue weighted by Gasteiger charge is 2.51. The molecule has 5 rings (SSSR count). The van der Waals surface area contributed by atoms with Gasteiger partial charge in [0.1, 0.15) is 0 Å². The van der Waals surface area contributed by atoms with Crippen LogP contribution in [0.5, 0.6) is 0 Å². The summed E-state index contributed by atoms with van der Waals surface area (Å²) in [5, 5.41) is 0. The van der Waals surface area contributed by atoms with Crippen LogP contribution >= 0.6 is 15.9 Å². The van der Waals surface area contributed by atoms with Gasteiger partial charge in [0.2, 0.25) is 0 Å². The SMILES string of the molecule is BrC1=CCC2C(=C1)c1ccccc1C2(c1ccccc1)c1ccccc1. The fourth-order valence-electron chi connectivity index (χ4n) is 4.89. The molecule has 26 heavy (non-hydrogen) atoms. The smallest absolute Gasteiger partial charge is 0.0528 e. The fraction of sp³-hybridized carbons (Fsp3) is 0.120. The minimum atomic E-state index is -0.144. The average Bonchev–Trinajstić information content (AvgIpc) is 3.00. The Labute approximate surface area is 163 Å². The van der Waals surface area contributed by atoms with E-state index in [1.165, 1.54) is 32.3 Å². The summed E-state index contributed by atoms with van der Waals surface area (Å²) in [6.45, 7) is 0. The van der Waals surface area contributed by atoms with E-state index < -0.39 is 0 Å². The monoisotopic (exact) mass is 398 g/mol. The molecule has 126 valence electrons. The molecule has 0 nitrogen and oxygen atoms in total. The van der Waals surface area contributed by atoms with Crippen molar-refractivity contribution >= 4 is 21.5 Å². The molecule has 0 saturated carbocycles. The predicted molar refractivity (Wildman–Crippen MR) is 112 cm³/mol. The van der Waals surface area contributed by atoms with Gasteiger partial charge in [0.05, 0.1) is 5.41 Å². The zero-order chi connectivity index (χ0) is 17.6. The van der Waals surface area contributed by atoms with Gasteiger partial charge in [-0.05, 0) is 40.3 Å². The lowest BCUT2D eigenvalue weighted by atomic mass is 9.63. The Hall–Kier alpha value is -2.38. The van der Waals surface area contributed by atoms with Crippen molar-refractivity contribution in [2.45, 2.75) is 11.8 Å². The fourth-order valence-corrected chi connectivity index (χ4v) is 5.32. The second kappa shape index (κ2) is 6.10. The van der Waals surface area contributed by atoms with E-state index in [0.717, 1.165) is 6.42 Å². The van der Waals surface area contributed by atoms with Gasteiger partial charge < -0.3 is 0 Å². The summed E-state index contributed by atoms with van der Waals surface area (Å²) in [6, 6.07) is 31.0. The van der Waals surface area contributed by atoms with Crippen molar-refractivity contribution in [2.24, 2.45) is 5.92 Å². The highest BCUT2D eigenvalue weighted by molar-refractivity contribution is 9.11. The number of benzene rings is 3. The van der Waals surface area contributed by atoms with E-state index in [0.29, 0.717) is 5.92 Å². The third-order valence-electron chi connectivity index (χ3n) is 5.86. The Kier molecular flexibility index (Phi) is 3.72. The van der Waals surface area contributed by atoms with Crippen LogP contribution in [0.15, 0.2) is 102 Å². The Bertz CT molecular complexity index is 973. The Morgan fingerprint density at radius 3 is 1.96 bits per heavy atom. The van der Waals surface area contributed by atoms with Crippen molar-refractivity contribution in [3.05, 3.63) is 124 Å². The van der Waals surface area contributed by atoms with Gasteiger partial charge >= 0.3 is 0 Å². The molecule has 0 radical (unpaired) electrons. The summed E-state index contributed by atoms with van der Waals surface area (Å²) < 4.78 is 1.19. The molecule has 0 fully saturated rings. The highest BCUT2D eigenvalue weighted by atomic mass is 79.9. The summed E-state index contributed by atoms with van der Waals surface area (Å²) >= 11 is 3.71. The Morgan fingerprint density at radius 1 is 0.731 bits per heavy atom. The molecule has 1 unspecified atom stereocenters. The molecule has 0 bridgehead atoms. The molecule has 1 atom stereocenters. The Morgan fingerprint density at radius 2 is 1.31 bits per heavy atom. The van der Waals surface area contributed by atoms with Crippen LogP contribution < -0.4 is 0 Å². The standard InChI is InChI=1S/C25H19Br/c26-20-15-16-24-22(17-20)21-13-7-8-14-23(21)25(24,18-9-3-1-4-10-18)19-11-5-2-6-12-19/h1-15,17,24H,16H2. The van der Waals surface area contributed by atoms with Crippen LogP contribution in [-0.2, 0) is 5.41 Å². The number of hydrogen-bond donors (Lipinski definition) is 0. The van der Waals surface area contributed by atoms with E-state index in [9.17, 15) is 0 Å². The van der Waals surface area contributed by atoms with E-state index in [4.69, 9.17) is 0 Å². The molecule has 0 amide bonds. The van der Waals surface area contributed by atoms with Gasteiger partial charge in [-0.1, -0.05) is 107 Å². The van der Waals surface area contributed by atoms with E-state index in [2.05, 4.69) is 113 Å². The van der Waals surface area contributed by atoms with Gasteiger partial charge in [0.25, 0.3) is 0 Å². The number of fused-ring (bicyclic) bond motifs is 3. The quantitative estimate of drug-likeness (QED) is 0.449. The molecule has 2 aliphatic rings. The predicted octanol–water partition coefficient (Wildman–Crippen LogP) is 6.72. The van der Waals surface area contributed by atoms with Gasteiger partial charge in [-0.3, -0.25) is 0 Å². The van der Waals surface area contributed by atoms with Gasteiger partial charge in [-0.25, -0.2) is 0 Å². The van der Waals surface area contributed by atoms with Crippen LogP contribution in [0.25, 0.3) is 5.57 Å². The van der Waals surface area contributed by atoms with Crippen molar-refractivity contribution < 1.29 is 0 Å². The largest absolute Gasteiger partial charge is 0.0696 e. The highest BCUT2D eigenvalue weighted by Crippen LogP contribution is 2.59. The summed E-state index contributed by atoms with van der Waals surface area (Å²) in [7, 11) is 0. The van der Waals surface area contributed by atoms with Crippen LogP contribution in [0, 0.1) is 5.92 Å².